The smallest absolute Gasteiger partial charge is 0.305 e. The SMILES string of the molecule is C[C@@H]1CN(C(CC(=O)O)c2ccccc2)C[C@H](C)O1. The first-order valence-electron chi connectivity index (χ1n) is 6.72. The van der Waals surface area contributed by atoms with E-state index in [1.54, 1.807) is 0 Å². The molecule has 0 aromatic heterocycles. The molecule has 1 unspecified atom stereocenters. The van der Waals surface area contributed by atoms with Crippen molar-refractivity contribution in [1.82, 2.24) is 4.90 Å². The third kappa shape index (κ3) is 3.78. The second-order valence-electron chi connectivity index (χ2n) is 5.24. The van der Waals surface area contributed by atoms with Crippen LogP contribution in [-0.2, 0) is 9.53 Å². The first kappa shape index (κ1) is 14.0. The summed E-state index contributed by atoms with van der Waals surface area (Å²) in [7, 11) is 0. The molecule has 0 spiro atoms. The van der Waals surface area contributed by atoms with E-state index in [2.05, 4.69) is 4.90 Å². The van der Waals surface area contributed by atoms with Gasteiger partial charge in [-0.15, -0.1) is 0 Å². The summed E-state index contributed by atoms with van der Waals surface area (Å²) in [5.74, 6) is -0.763. The summed E-state index contributed by atoms with van der Waals surface area (Å²) in [6, 6.07) is 9.78. The van der Waals surface area contributed by atoms with Crippen molar-refractivity contribution < 1.29 is 14.6 Å². The Balaban J connectivity index is 2.20. The lowest BCUT2D eigenvalue weighted by molar-refractivity contribution is -0.140. The van der Waals surface area contributed by atoms with E-state index < -0.39 is 5.97 Å². The van der Waals surface area contributed by atoms with E-state index in [0.29, 0.717) is 0 Å². The van der Waals surface area contributed by atoms with Crippen molar-refractivity contribution in [3.63, 3.8) is 0 Å². The maximum atomic E-state index is 11.1. The summed E-state index contributed by atoms with van der Waals surface area (Å²) in [5, 5.41) is 9.15. The molecule has 1 aromatic carbocycles. The number of aliphatic carboxylic acids is 1. The minimum absolute atomic E-state index is 0.0764. The Bertz CT molecular complexity index is 411. The van der Waals surface area contributed by atoms with Crippen LogP contribution in [0.1, 0.15) is 31.9 Å². The first-order chi connectivity index (χ1) is 9.06. The Kier molecular flexibility index (Phi) is 4.56. The zero-order valence-electron chi connectivity index (χ0n) is 11.5. The number of morpholine rings is 1. The van der Waals surface area contributed by atoms with Crippen molar-refractivity contribution in [2.24, 2.45) is 0 Å². The lowest BCUT2D eigenvalue weighted by atomic mass is 10.0. The summed E-state index contributed by atoms with van der Waals surface area (Å²) in [6.45, 7) is 5.62. The molecular formula is C15H21NO3. The van der Waals surface area contributed by atoms with Crippen molar-refractivity contribution in [3.8, 4) is 0 Å². The third-order valence-corrected chi connectivity index (χ3v) is 3.44. The van der Waals surface area contributed by atoms with E-state index in [1.807, 2.05) is 44.2 Å². The van der Waals surface area contributed by atoms with Gasteiger partial charge in [-0.05, 0) is 19.4 Å². The Labute approximate surface area is 114 Å². The highest BCUT2D eigenvalue weighted by Crippen LogP contribution is 2.27. The molecule has 1 saturated heterocycles. The molecule has 1 N–H and O–H groups in total. The quantitative estimate of drug-likeness (QED) is 0.905. The van der Waals surface area contributed by atoms with Crippen LogP contribution in [0.5, 0.6) is 0 Å². The van der Waals surface area contributed by atoms with Crippen LogP contribution < -0.4 is 0 Å². The second kappa shape index (κ2) is 6.17. The molecule has 1 aliphatic rings. The van der Waals surface area contributed by atoms with Gasteiger partial charge in [0.2, 0.25) is 0 Å². The van der Waals surface area contributed by atoms with E-state index in [1.165, 1.54) is 0 Å². The Morgan fingerprint density at radius 2 is 1.89 bits per heavy atom. The van der Waals surface area contributed by atoms with Gasteiger partial charge in [0.15, 0.2) is 0 Å². The molecular weight excluding hydrogens is 242 g/mol. The number of ether oxygens (including phenoxy) is 1. The molecule has 4 heteroatoms. The zero-order chi connectivity index (χ0) is 13.8. The Morgan fingerprint density at radius 1 is 1.32 bits per heavy atom. The standard InChI is InChI=1S/C15H21NO3/c1-11-9-16(10-12(2)19-11)14(8-15(17)18)13-6-4-3-5-7-13/h3-7,11-12,14H,8-10H2,1-2H3,(H,17,18)/t11-,12+,14?. The van der Waals surface area contributed by atoms with Crippen LogP contribution in [0.3, 0.4) is 0 Å². The van der Waals surface area contributed by atoms with E-state index in [9.17, 15) is 4.79 Å². The molecule has 1 aromatic rings. The summed E-state index contributed by atoms with van der Waals surface area (Å²) in [5.41, 5.74) is 1.06. The van der Waals surface area contributed by atoms with Gasteiger partial charge in [-0.2, -0.15) is 0 Å². The van der Waals surface area contributed by atoms with Crippen LogP contribution in [0.2, 0.25) is 0 Å². The number of nitrogens with zero attached hydrogens (tertiary/aromatic N) is 1. The second-order valence-corrected chi connectivity index (χ2v) is 5.24. The molecule has 0 radical (unpaired) electrons. The van der Waals surface area contributed by atoms with Gasteiger partial charge in [0, 0.05) is 19.1 Å². The van der Waals surface area contributed by atoms with Crippen LogP contribution in [0, 0.1) is 0 Å². The number of rotatable bonds is 4. The Morgan fingerprint density at radius 3 is 2.42 bits per heavy atom. The highest BCUT2D eigenvalue weighted by molar-refractivity contribution is 5.68. The van der Waals surface area contributed by atoms with Gasteiger partial charge >= 0.3 is 5.97 Å². The van der Waals surface area contributed by atoms with Crippen molar-refractivity contribution >= 4 is 5.97 Å². The number of hydrogen-bond acceptors (Lipinski definition) is 3. The molecule has 0 aliphatic carbocycles. The molecule has 4 nitrogen and oxygen atoms in total. The van der Waals surface area contributed by atoms with Crippen molar-refractivity contribution in [3.05, 3.63) is 35.9 Å². The predicted molar refractivity (Wildman–Crippen MR) is 73.0 cm³/mol. The maximum absolute atomic E-state index is 11.1. The minimum Gasteiger partial charge on any atom is -0.481 e. The van der Waals surface area contributed by atoms with E-state index in [4.69, 9.17) is 9.84 Å². The summed E-state index contributed by atoms with van der Waals surface area (Å²) in [4.78, 5) is 13.4. The van der Waals surface area contributed by atoms with Crippen LogP contribution in [0.15, 0.2) is 30.3 Å². The molecule has 19 heavy (non-hydrogen) atoms. The van der Waals surface area contributed by atoms with Gasteiger partial charge in [0.05, 0.1) is 18.6 Å². The summed E-state index contributed by atoms with van der Waals surface area (Å²) < 4.78 is 5.72. The van der Waals surface area contributed by atoms with Gasteiger partial charge in [0.25, 0.3) is 0 Å². The molecule has 104 valence electrons. The fourth-order valence-electron chi connectivity index (χ4n) is 2.77. The molecule has 1 aliphatic heterocycles. The Hall–Kier alpha value is -1.39. The van der Waals surface area contributed by atoms with Crippen molar-refractivity contribution in [1.29, 1.82) is 0 Å². The van der Waals surface area contributed by atoms with Crippen LogP contribution in [-0.4, -0.2) is 41.3 Å². The molecule has 0 bridgehead atoms. The maximum Gasteiger partial charge on any atom is 0.305 e. The number of benzene rings is 1. The monoisotopic (exact) mass is 263 g/mol. The van der Waals surface area contributed by atoms with Crippen LogP contribution in [0.25, 0.3) is 0 Å². The summed E-state index contributed by atoms with van der Waals surface area (Å²) >= 11 is 0. The minimum atomic E-state index is -0.763. The lowest BCUT2D eigenvalue weighted by Gasteiger charge is -2.40. The predicted octanol–water partition coefficient (Wildman–Crippen LogP) is 2.31. The van der Waals surface area contributed by atoms with E-state index >= 15 is 0 Å². The first-order valence-corrected chi connectivity index (χ1v) is 6.72. The molecule has 2 rings (SSSR count). The molecule has 1 heterocycles. The average molecular weight is 263 g/mol. The van der Waals surface area contributed by atoms with Gasteiger partial charge in [-0.1, -0.05) is 30.3 Å². The van der Waals surface area contributed by atoms with Crippen molar-refractivity contribution in [2.75, 3.05) is 13.1 Å². The van der Waals surface area contributed by atoms with Crippen LogP contribution in [0.4, 0.5) is 0 Å². The molecule has 0 saturated carbocycles. The van der Waals surface area contributed by atoms with E-state index in [0.717, 1.165) is 18.7 Å². The van der Waals surface area contributed by atoms with Gasteiger partial charge < -0.3 is 9.84 Å². The van der Waals surface area contributed by atoms with Gasteiger partial charge in [0.1, 0.15) is 0 Å². The fraction of sp³-hybridized carbons (Fsp3) is 0.533. The number of carbonyl (C=O) groups is 1. The number of carboxylic acid groups (broad SMARTS) is 1. The van der Waals surface area contributed by atoms with Crippen molar-refractivity contribution in [2.45, 2.75) is 38.5 Å². The fourth-order valence-corrected chi connectivity index (χ4v) is 2.77. The summed E-state index contributed by atoms with van der Waals surface area (Å²) in [6.07, 6.45) is 0.413. The number of carboxylic acids is 1. The third-order valence-electron chi connectivity index (χ3n) is 3.44. The molecule has 0 amide bonds. The zero-order valence-corrected chi connectivity index (χ0v) is 11.5. The topological polar surface area (TPSA) is 49.8 Å². The average Bonchev–Trinajstić information content (AvgIpc) is 2.35. The van der Waals surface area contributed by atoms with Crippen LogP contribution >= 0.6 is 0 Å². The molecule has 3 atom stereocenters. The largest absolute Gasteiger partial charge is 0.481 e. The highest BCUT2D eigenvalue weighted by Gasteiger charge is 2.30. The molecule has 1 fully saturated rings. The lowest BCUT2D eigenvalue weighted by Crippen LogP contribution is -2.47. The highest BCUT2D eigenvalue weighted by atomic mass is 16.5. The normalized spacial score (nSPS) is 26.0. The van der Waals surface area contributed by atoms with Gasteiger partial charge in [-0.25, -0.2) is 0 Å². The van der Waals surface area contributed by atoms with Gasteiger partial charge in [-0.3, -0.25) is 9.69 Å². The number of hydrogen-bond donors (Lipinski definition) is 1. The van der Waals surface area contributed by atoms with E-state index in [-0.39, 0.29) is 24.7 Å².